The normalized spacial score (nSPS) is 14.8. The lowest BCUT2D eigenvalue weighted by molar-refractivity contribution is 0.109. The van der Waals surface area contributed by atoms with Crippen molar-refractivity contribution in [3.63, 3.8) is 0 Å². The molecule has 1 aromatic carbocycles. The van der Waals surface area contributed by atoms with Crippen LogP contribution in [0.1, 0.15) is 24.1 Å². The number of aromatic nitrogens is 1. The van der Waals surface area contributed by atoms with Crippen LogP contribution in [0.4, 0.5) is 14.5 Å². The molecule has 7 heteroatoms. The summed E-state index contributed by atoms with van der Waals surface area (Å²) in [5, 5.41) is 2.94. The van der Waals surface area contributed by atoms with Crippen LogP contribution in [0, 0.1) is 11.6 Å². The van der Waals surface area contributed by atoms with E-state index in [1.807, 2.05) is 0 Å². The molecule has 2 aromatic rings. The lowest BCUT2D eigenvalue weighted by Crippen LogP contribution is -2.25. The summed E-state index contributed by atoms with van der Waals surface area (Å²) in [5.41, 5.74) is 0.357. The molecule has 1 heterocycles. The number of hydrogen-bond donors (Lipinski definition) is 1. The van der Waals surface area contributed by atoms with Gasteiger partial charge in [-0.3, -0.25) is 0 Å². The summed E-state index contributed by atoms with van der Waals surface area (Å²) in [6, 6.07) is 2.47. The predicted octanol–water partition coefficient (Wildman–Crippen LogP) is 4.62. The van der Waals surface area contributed by atoms with Crippen LogP contribution in [-0.2, 0) is 6.54 Å². The molecule has 0 atom stereocenters. The Morgan fingerprint density at radius 3 is 2.57 bits per heavy atom. The fourth-order valence-electron chi connectivity index (χ4n) is 1.98. The number of anilines is 1. The van der Waals surface area contributed by atoms with Gasteiger partial charge in [-0.2, -0.15) is 0 Å². The van der Waals surface area contributed by atoms with Gasteiger partial charge in [0, 0.05) is 28.9 Å². The largest absolute Gasteiger partial charge is 0.484 e. The molecule has 0 saturated heterocycles. The van der Waals surface area contributed by atoms with Crippen LogP contribution < -0.4 is 10.1 Å². The average molecular weight is 331 g/mol. The maximum atomic E-state index is 13.9. The number of benzene rings is 1. The smallest absolute Gasteiger partial charge is 0.191 e. The summed E-state index contributed by atoms with van der Waals surface area (Å²) in [7, 11) is 0. The minimum absolute atomic E-state index is 0.0628. The second-order valence-electron chi connectivity index (χ2n) is 4.87. The van der Waals surface area contributed by atoms with Gasteiger partial charge >= 0.3 is 0 Å². The third-order valence-electron chi connectivity index (χ3n) is 3.33. The summed E-state index contributed by atoms with van der Waals surface area (Å²) in [4.78, 5) is 4.79. The summed E-state index contributed by atoms with van der Waals surface area (Å²) in [5.74, 6) is -1.66. The van der Waals surface area contributed by atoms with Gasteiger partial charge in [0.2, 0.25) is 0 Å². The standard InChI is InChI=1S/C14H13ClF2N2OS/c15-14-19-7-10(21-14)6-18-8-4-11(16)13(12(17)5-8)20-9-2-1-3-9/h4-5,7,9,18H,1-3,6H2. The molecule has 1 fully saturated rings. The zero-order valence-electron chi connectivity index (χ0n) is 11.0. The van der Waals surface area contributed by atoms with Gasteiger partial charge in [-0.15, -0.1) is 11.3 Å². The van der Waals surface area contributed by atoms with Gasteiger partial charge < -0.3 is 10.1 Å². The topological polar surface area (TPSA) is 34.2 Å². The van der Waals surface area contributed by atoms with Crippen molar-refractivity contribution in [1.29, 1.82) is 0 Å². The maximum Gasteiger partial charge on any atom is 0.191 e. The Hall–Kier alpha value is -1.40. The van der Waals surface area contributed by atoms with E-state index in [0.717, 1.165) is 24.1 Å². The highest BCUT2D eigenvalue weighted by atomic mass is 35.5. The number of hydrogen-bond acceptors (Lipinski definition) is 4. The Morgan fingerprint density at radius 2 is 2.05 bits per heavy atom. The summed E-state index contributed by atoms with van der Waals surface area (Å²) in [6.45, 7) is 0.409. The highest BCUT2D eigenvalue weighted by Gasteiger charge is 2.23. The molecule has 0 amide bonds. The van der Waals surface area contributed by atoms with Crippen molar-refractivity contribution in [2.75, 3.05) is 5.32 Å². The quantitative estimate of drug-likeness (QED) is 0.868. The predicted molar refractivity (Wildman–Crippen MR) is 79.1 cm³/mol. The fourth-order valence-corrected chi connectivity index (χ4v) is 2.90. The van der Waals surface area contributed by atoms with Crippen LogP contribution in [-0.4, -0.2) is 11.1 Å². The Bertz CT molecular complexity index is 623. The molecule has 1 saturated carbocycles. The molecule has 1 N–H and O–H groups in total. The molecule has 0 spiro atoms. The van der Waals surface area contributed by atoms with Crippen molar-refractivity contribution < 1.29 is 13.5 Å². The number of rotatable bonds is 5. The zero-order chi connectivity index (χ0) is 14.8. The number of thiazole rings is 1. The molecule has 1 aliphatic rings. The van der Waals surface area contributed by atoms with Crippen molar-refractivity contribution in [3.8, 4) is 5.75 Å². The van der Waals surface area contributed by atoms with Crippen molar-refractivity contribution in [3.05, 3.63) is 39.3 Å². The first-order valence-corrected chi connectivity index (χ1v) is 7.81. The molecule has 3 nitrogen and oxygen atoms in total. The molecule has 3 rings (SSSR count). The van der Waals surface area contributed by atoms with Gasteiger partial charge in [0.1, 0.15) is 0 Å². The number of halogens is 3. The van der Waals surface area contributed by atoms with Crippen LogP contribution in [0.3, 0.4) is 0 Å². The van der Waals surface area contributed by atoms with Gasteiger partial charge in [-0.25, -0.2) is 13.8 Å². The lowest BCUT2D eigenvalue weighted by atomic mass is 9.96. The first-order chi connectivity index (χ1) is 10.1. The average Bonchev–Trinajstić information content (AvgIpc) is 2.79. The van der Waals surface area contributed by atoms with Crippen molar-refractivity contribution >= 4 is 28.6 Å². The SMILES string of the molecule is Fc1cc(NCc2cnc(Cl)s2)cc(F)c1OC1CCC1. The monoisotopic (exact) mass is 330 g/mol. The van der Waals surface area contributed by atoms with E-state index in [2.05, 4.69) is 10.3 Å². The van der Waals surface area contributed by atoms with E-state index in [1.54, 1.807) is 6.20 Å². The summed E-state index contributed by atoms with van der Waals surface area (Å²) < 4.78 is 33.6. The van der Waals surface area contributed by atoms with Crippen LogP contribution in [0.2, 0.25) is 4.47 Å². The van der Waals surface area contributed by atoms with Crippen molar-refractivity contribution in [1.82, 2.24) is 4.98 Å². The van der Waals surface area contributed by atoms with Gasteiger partial charge in [0.25, 0.3) is 0 Å². The first kappa shape index (κ1) is 14.5. The zero-order valence-corrected chi connectivity index (χ0v) is 12.6. The molecule has 1 aliphatic carbocycles. The fraction of sp³-hybridized carbons (Fsp3) is 0.357. The highest BCUT2D eigenvalue weighted by Crippen LogP contribution is 2.31. The molecule has 112 valence electrons. The maximum absolute atomic E-state index is 13.9. The van der Waals surface area contributed by atoms with Gasteiger partial charge in [-0.05, 0) is 19.3 Å². The number of nitrogens with zero attached hydrogens (tertiary/aromatic N) is 1. The van der Waals surface area contributed by atoms with E-state index >= 15 is 0 Å². The van der Waals surface area contributed by atoms with Crippen LogP contribution >= 0.6 is 22.9 Å². The van der Waals surface area contributed by atoms with Crippen LogP contribution in [0.25, 0.3) is 0 Å². The van der Waals surface area contributed by atoms with E-state index in [4.69, 9.17) is 16.3 Å². The van der Waals surface area contributed by atoms with E-state index < -0.39 is 11.6 Å². The van der Waals surface area contributed by atoms with E-state index in [9.17, 15) is 8.78 Å². The van der Waals surface area contributed by atoms with Crippen molar-refractivity contribution in [2.45, 2.75) is 31.9 Å². The van der Waals surface area contributed by atoms with Gasteiger partial charge in [0.15, 0.2) is 21.9 Å². The molecule has 0 unspecified atom stereocenters. The Morgan fingerprint density at radius 1 is 1.33 bits per heavy atom. The van der Waals surface area contributed by atoms with Crippen molar-refractivity contribution in [2.24, 2.45) is 0 Å². The second kappa shape index (κ2) is 6.15. The van der Waals surface area contributed by atoms with Gasteiger partial charge in [-0.1, -0.05) is 11.6 Å². The first-order valence-electron chi connectivity index (χ1n) is 6.61. The van der Waals surface area contributed by atoms with Gasteiger partial charge in [0.05, 0.1) is 12.6 Å². The second-order valence-corrected chi connectivity index (χ2v) is 6.57. The molecule has 0 bridgehead atoms. The Balaban J connectivity index is 1.68. The third-order valence-corrected chi connectivity index (χ3v) is 4.44. The summed E-state index contributed by atoms with van der Waals surface area (Å²) >= 11 is 7.04. The van der Waals surface area contributed by atoms with E-state index in [1.165, 1.54) is 23.5 Å². The number of ether oxygens (including phenoxy) is 1. The molecular formula is C14H13ClF2N2OS. The Labute approximate surface area is 129 Å². The minimum Gasteiger partial charge on any atom is -0.484 e. The highest BCUT2D eigenvalue weighted by molar-refractivity contribution is 7.15. The molecular weight excluding hydrogens is 318 g/mol. The molecule has 0 aliphatic heterocycles. The number of nitrogens with one attached hydrogen (secondary N) is 1. The van der Waals surface area contributed by atoms with E-state index in [-0.39, 0.29) is 11.9 Å². The van der Waals surface area contributed by atoms with Crippen LogP contribution in [0.15, 0.2) is 18.3 Å². The Kier molecular flexibility index (Phi) is 4.26. The van der Waals surface area contributed by atoms with Crippen LogP contribution in [0.5, 0.6) is 5.75 Å². The molecule has 1 aromatic heterocycles. The van der Waals surface area contributed by atoms with E-state index in [0.29, 0.717) is 16.7 Å². The molecule has 0 radical (unpaired) electrons. The lowest BCUT2D eigenvalue weighted by Gasteiger charge is -2.26. The summed E-state index contributed by atoms with van der Waals surface area (Å²) in [6.07, 6.45) is 4.31. The molecule has 21 heavy (non-hydrogen) atoms. The minimum atomic E-state index is -0.688. The third kappa shape index (κ3) is 3.44.